The fraction of sp³-hybridized carbons (Fsp3) is 0.174. The molecule has 3 aromatic rings. The largest absolute Gasteiger partial charge is 0.497 e. The molecule has 2 heterocycles. The summed E-state index contributed by atoms with van der Waals surface area (Å²) in [6, 6.07) is 14.6. The lowest BCUT2D eigenvalue weighted by Crippen LogP contribution is -2.43. The first kappa shape index (κ1) is 21.6. The molecule has 0 bridgehead atoms. The van der Waals surface area contributed by atoms with Crippen LogP contribution in [-0.2, 0) is 17.8 Å². The third-order valence-electron chi connectivity index (χ3n) is 4.95. The average molecular weight is 453 g/mol. The summed E-state index contributed by atoms with van der Waals surface area (Å²) in [5.74, 6) is 0.113. The van der Waals surface area contributed by atoms with Crippen LogP contribution in [0.4, 0.5) is 11.6 Å². The van der Waals surface area contributed by atoms with E-state index in [9.17, 15) is 14.7 Å². The highest BCUT2D eigenvalue weighted by molar-refractivity contribution is 6.30. The van der Waals surface area contributed by atoms with Gasteiger partial charge in [-0.2, -0.15) is 4.98 Å². The van der Waals surface area contributed by atoms with Crippen molar-refractivity contribution in [1.82, 2.24) is 14.1 Å². The average Bonchev–Trinajstić information content (AvgIpc) is 2.81. The molecule has 0 unspecified atom stereocenters. The standard InChI is InChI=1S/C23H21ClN4O4/c24-19-5-1-16(2-6-19)15-28-21(26-22(30)27(11-12-29)23(28)31)25-20-7-3-17(4-8-20)18-9-13-32-14-10-18/h1-10,13,29H,11-12,14-15H2,(H,25,26,30). The summed E-state index contributed by atoms with van der Waals surface area (Å²) < 4.78 is 7.45. The zero-order chi connectivity index (χ0) is 22.5. The molecule has 0 amide bonds. The number of ether oxygens (including phenoxy) is 1. The molecule has 164 valence electrons. The summed E-state index contributed by atoms with van der Waals surface area (Å²) in [7, 11) is 0. The van der Waals surface area contributed by atoms with E-state index < -0.39 is 11.4 Å². The number of nitrogens with zero attached hydrogens (tertiary/aromatic N) is 3. The highest BCUT2D eigenvalue weighted by Gasteiger charge is 2.14. The van der Waals surface area contributed by atoms with Crippen molar-refractivity contribution in [2.24, 2.45) is 0 Å². The number of aliphatic hydroxyl groups excluding tert-OH is 1. The van der Waals surface area contributed by atoms with Crippen molar-refractivity contribution in [3.8, 4) is 0 Å². The van der Waals surface area contributed by atoms with Crippen molar-refractivity contribution < 1.29 is 9.84 Å². The van der Waals surface area contributed by atoms with E-state index in [-0.39, 0.29) is 25.6 Å². The molecule has 2 aromatic carbocycles. The van der Waals surface area contributed by atoms with Crippen LogP contribution in [0.15, 0.2) is 76.5 Å². The van der Waals surface area contributed by atoms with Gasteiger partial charge in [0.2, 0.25) is 5.95 Å². The van der Waals surface area contributed by atoms with Crippen molar-refractivity contribution in [3.05, 3.63) is 104 Å². The first-order valence-corrected chi connectivity index (χ1v) is 10.4. The summed E-state index contributed by atoms with van der Waals surface area (Å²) in [6.45, 7) is 0.220. The Bertz CT molecular complexity index is 1280. The van der Waals surface area contributed by atoms with Crippen LogP contribution in [-0.4, -0.2) is 32.4 Å². The molecule has 0 radical (unpaired) electrons. The van der Waals surface area contributed by atoms with Gasteiger partial charge in [0.05, 0.1) is 26.0 Å². The third kappa shape index (κ3) is 4.82. The minimum atomic E-state index is -0.729. The predicted molar refractivity (Wildman–Crippen MR) is 123 cm³/mol. The van der Waals surface area contributed by atoms with E-state index in [1.54, 1.807) is 30.5 Å². The van der Waals surface area contributed by atoms with Crippen molar-refractivity contribution in [2.75, 3.05) is 18.5 Å². The molecule has 2 N–H and O–H groups in total. The zero-order valence-corrected chi connectivity index (χ0v) is 17.8. The van der Waals surface area contributed by atoms with Gasteiger partial charge in [-0.15, -0.1) is 0 Å². The second kappa shape index (κ2) is 9.67. The van der Waals surface area contributed by atoms with E-state index in [4.69, 9.17) is 16.3 Å². The number of allylic oxidation sites excluding steroid dienone is 2. The molecule has 1 aliphatic heterocycles. The Balaban J connectivity index is 1.68. The summed E-state index contributed by atoms with van der Waals surface area (Å²) in [5, 5.41) is 12.9. The number of hydrogen-bond acceptors (Lipinski definition) is 6. The van der Waals surface area contributed by atoms with Gasteiger partial charge in [-0.25, -0.2) is 14.2 Å². The van der Waals surface area contributed by atoms with Crippen molar-refractivity contribution in [2.45, 2.75) is 13.1 Å². The first-order valence-electron chi connectivity index (χ1n) is 9.98. The number of aliphatic hydroxyl groups is 1. The van der Waals surface area contributed by atoms with E-state index in [0.717, 1.165) is 21.3 Å². The van der Waals surface area contributed by atoms with E-state index in [1.807, 2.05) is 36.4 Å². The molecule has 0 spiro atoms. The van der Waals surface area contributed by atoms with Gasteiger partial charge in [-0.1, -0.05) is 35.9 Å². The minimum absolute atomic E-state index is 0.113. The smallest absolute Gasteiger partial charge is 0.355 e. The van der Waals surface area contributed by atoms with Crippen LogP contribution in [0.25, 0.3) is 5.57 Å². The molecule has 1 aliphatic rings. The van der Waals surface area contributed by atoms with E-state index in [2.05, 4.69) is 10.3 Å². The molecule has 0 saturated carbocycles. The van der Waals surface area contributed by atoms with Crippen molar-refractivity contribution in [3.63, 3.8) is 0 Å². The minimum Gasteiger partial charge on any atom is -0.497 e. The van der Waals surface area contributed by atoms with Gasteiger partial charge in [0.15, 0.2) is 0 Å². The Kier molecular flexibility index (Phi) is 6.53. The van der Waals surface area contributed by atoms with Gasteiger partial charge >= 0.3 is 11.4 Å². The van der Waals surface area contributed by atoms with Crippen LogP contribution in [0.2, 0.25) is 5.02 Å². The van der Waals surface area contributed by atoms with Gasteiger partial charge in [0.25, 0.3) is 0 Å². The molecule has 0 fully saturated rings. The first-order chi connectivity index (χ1) is 15.5. The maximum atomic E-state index is 13.0. The van der Waals surface area contributed by atoms with Crippen LogP contribution >= 0.6 is 11.6 Å². The Morgan fingerprint density at radius 1 is 1.06 bits per heavy atom. The zero-order valence-electron chi connectivity index (χ0n) is 17.1. The Morgan fingerprint density at radius 3 is 2.47 bits per heavy atom. The molecule has 32 heavy (non-hydrogen) atoms. The quantitative estimate of drug-likeness (QED) is 0.572. The topological polar surface area (TPSA) is 98.4 Å². The molecule has 0 aliphatic carbocycles. The molecule has 1 aromatic heterocycles. The summed E-state index contributed by atoms with van der Waals surface area (Å²) in [4.78, 5) is 29.5. The highest BCUT2D eigenvalue weighted by atomic mass is 35.5. The van der Waals surface area contributed by atoms with Gasteiger partial charge < -0.3 is 15.2 Å². The second-order valence-electron chi connectivity index (χ2n) is 7.09. The number of aromatic nitrogens is 3. The van der Waals surface area contributed by atoms with E-state index in [1.165, 1.54) is 4.57 Å². The lowest BCUT2D eigenvalue weighted by Gasteiger charge is -2.16. The maximum absolute atomic E-state index is 13.0. The predicted octanol–water partition coefficient (Wildman–Crippen LogP) is 2.77. The number of halogens is 1. The maximum Gasteiger partial charge on any atom is 0.355 e. The lowest BCUT2D eigenvalue weighted by molar-refractivity contribution is 0.268. The van der Waals surface area contributed by atoms with Crippen LogP contribution in [0.3, 0.4) is 0 Å². The van der Waals surface area contributed by atoms with Crippen LogP contribution in [0, 0.1) is 0 Å². The fourth-order valence-electron chi connectivity index (χ4n) is 3.30. The molecular weight excluding hydrogens is 432 g/mol. The molecule has 4 rings (SSSR count). The number of hydrogen-bond donors (Lipinski definition) is 2. The van der Waals surface area contributed by atoms with Crippen LogP contribution in [0.1, 0.15) is 11.1 Å². The van der Waals surface area contributed by atoms with Crippen molar-refractivity contribution in [1.29, 1.82) is 0 Å². The molecule has 8 nitrogen and oxygen atoms in total. The monoisotopic (exact) mass is 452 g/mol. The van der Waals surface area contributed by atoms with Crippen LogP contribution < -0.4 is 16.7 Å². The summed E-state index contributed by atoms with van der Waals surface area (Å²) >= 11 is 5.96. The number of nitrogens with one attached hydrogen (secondary N) is 1. The fourth-order valence-corrected chi connectivity index (χ4v) is 3.43. The highest BCUT2D eigenvalue weighted by Crippen LogP contribution is 2.22. The van der Waals surface area contributed by atoms with Gasteiger partial charge in [-0.3, -0.25) is 4.57 Å². The third-order valence-corrected chi connectivity index (χ3v) is 5.20. The summed E-state index contributed by atoms with van der Waals surface area (Å²) in [5.41, 5.74) is 2.25. The van der Waals surface area contributed by atoms with E-state index >= 15 is 0 Å². The molecule has 9 heteroatoms. The molecule has 0 atom stereocenters. The lowest BCUT2D eigenvalue weighted by atomic mass is 10.0. The SMILES string of the molecule is O=c1nc(Nc2ccc(C3=CCOC=C3)cc2)n(Cc2ccc(Cl)cc2)c(=O)n1CCO. The number of rotatable bonds is 7. The number of anilines is 2. The van der Waals surface area contributed by atoms with Crippen molar-refractivity contribution >= 4 is 28.8 Å². The van der Waals surface area contributed by atoms with E-state index in [0.29, 0.717) is 17.3 Å². The summed E-state index contributed by atoms with van der Waals surface area (Å²) in [6.07, 6.45) is 5.52. The molecular formula is C23H21ClN4O4. The van der Waals surface area contributed by atoms with Gasteiger partial charge in [0, 0.05) is 10.7 Å². The number of benzene rings is 2. The van der Waals surface area contributed by atoms with Gasteiger partial charge in [0.1, 0.15) is 6.61 Å². The van der Waals surface area contributed by atoms with Crippen LogP contribution in [0.5, 0.6) is 0 Å². The van der Waals surface area contributed by atoms with Gasteiger partial charge in [-0.05, 0) is 53.1 Å². The molecule has 0 saturated heterocycles. The Hall–Kier alpha value is -3.62. The Morgan fingerprint density at radius 2 is 1.81 bits per heavy atom. The Labute approximate surface area is 188 Å². The normalized spacial score (nSPS) is 12.9. The second-order valence-corrected chi connectivity index (χ2v) is 7.52.